The van der Waals surface area contributed by atoms with Crippen LogP contribution in [-0.2, 0) is 0 Å². The molecule has 1 aromatic heterocycles. The van der Waals surface area contributed by atoms with Crippen LogP contribution < -0.4 is 4.90 Å². The number of aromatic nitrogens is 1. The van der Waals surface area contributed by atoms with Gasteiger partial charge in [0.25, 0.3) is 5.91 Å². The van der Waals surface area contributed by atoms with E-state index in [0.717, 1.165) is 40.9 Å². The average Bonchev–Trinajstić information content (AvgIpc) is 2.95. The molecule has 0 saturated carbocycles. The highest BCUT2D eigenvalue weighted by Gasteiger charge is 2.22. The van der Waals surface area contributed by atoms with Crippen LogP contribution in [0.4, 0.5) is 5.69 Å². The first-order valence-electron chi connectivity index (χ1n) is 8.95. The molecule has 2 N–H and O–H groups in total. The summed E-state index contributed by atoms with van der Waals surface area (Å²) in [4.78, 5) is 20.4. The number of H-pyrrole nitrogens is 1. The van der Waals surface area contributed by atoms with E-state index in [2.05, 4.69) is 23.7 Å². The van der Waals surface area contributed by atoms with Gasteiger partial charge in [0.2, 0.25) is 0 Å². The fourth-order valence-corrected chi connectivity index (χ4v) is 3.61. The van der Waals surface area contributed by atoms with E-state index in [-0.39, 0.29) is 11.7 Å². The van der Waals surface area contributed by atoms with Crippen molar-refractivity contribution in [3.8, 4) is 5.75 Å². The van der Waals surface area contributed by atoms with Crippen molar-refractivity contribution in [3.05, 3.63) is 59.3 Å². The van der Waals surface area contributed by atoms with Crippen LogP contribution in [-0.4, -0.2) is 47.1 Å². The molecule has 0 unspecified atom stereocenters. The molecule has 0 atom stereocenters. The second-order valence-corrected chi connectivity index (χ2v) is 6.93. The van der Waals surface area contributed by atoms with Crippen LogP contribution >= 0.6 is 0 Å². The predicted molar refractivity (Wildman–Crippen MR) is 104 cm³/mol. The molecule has 3 aromatic rings. The minimum absolute atomic E-state index is 0.0931. The number of aromatic amines is 1. The summed E-state index contributed by atoms with van der Waals surface area (Å²) in [6, 6.07) is 13.1. The van der Waals surface area contributed by atoms with E-state index >= 15 is 0 Å². The number of piperazine rings is 1. The number of amides is 1. The van der Waals surface area contributed by atoms with Crippen LogP contribution in [0.5, 0.6) is 5.75 Å². The van der Waals surface area contributed by atoms with Crippen molar-refractivity contribution in [1.29, 1.82) is 0 Å². The maximum Gasteiger partial charge on any atom is 0.253 e. The van der Waals surface area contributed by atoms with Crippen LogP contribution in [0.1, 0.15) is 21.6 Å². The molecule has 26 heavy (non-hydrogen) atoms. The Kier molecular flexibility index (Phi) is 4.07. The molecule has 4 rings (SSSR count). The third-order valence-electron chi connectivity index (χ3n) is 5.34. The van der Waals surface area contributed by atoms with Crippen LogP contribution in [0.3, 0.4) is 0 Å². The molecule has 1 saturated heterocycles. The van der Waals surface area contributed by atoms with Gasteiger partial charge in [0, 0.05) is 54.0 Å². The molecule has 5 nitrogen and oxygen atoms in total. The quantitative estimate of drug-likeness (QED) is 0.745. The van der Waals surface area contributed by atoms with E-state index in [1.165, 1.54) is 5.56 Å². The van der Waals surface area contributed by atoms with Crippen LogP contribution in [0, 0.1) is 13.8 Å². The summed E-state index contributed by atoms with van der Waals surface area (Å²) in [7, 11) is 0. The highest BCUT2D eigenvalue weighted by molar-refractivity contribution is 5.99. The zero-order valence-electron chi connectivity index (χ0n) is 15.1. The second-order valence-electron chi connectivity index (χ2n) is 6.93. The zero-order chi connectivity index (χ0) is 18.3. The van der Waals surface area contributed by atoms with Crippen molar-refractivity contribution in [2.75, 3.05) is 31.1 Å². The third-order valence-corrected chi connectivity index (χ3v) is 5.34. The first-order valence-corrected chi connectivity index (χ1v) is 8.95. The lowest BCUT2D eigenvalue weighted by Gasteiger charge is -2.36. The maximum atomic E-state index is 12.9. The van der Waals surface area contributed by atoms with Gasteiger partial charge in [-0.25, -0.2) is 0 Å². The minimum atomic E-state index is 0.0931. The number of hydrogen-bond acceptors (Lipinski definition) is 3. The molecule has 2 heterocycles. The number of aromatic hydroxyl groups is 1. The molecule has 0 spiro atoms. The molecule has 0 radical (unpaired) electrons. The second kappa shape index (κ2) is 6.41. The lowest BCUT2D eigenvalue weighted by Crippen LogP contribution is -2.48. The molecule has 2 aromatic carbocycles. The van der Waals surface area contributed by atoms with Gasteiger partial charge in [-0.3, -0.25) is 4.79 Å². The van der Waals surface area contributed by atoms with Crippen LogP contribution in [0.15, 0.2) is 42.5 Å². The number of nitrogens with one attached hydrogen (secondary N) is 1. The van der Waals surface area contributed by atoms with E-state index in [9.17, 15) is 9.90 Å². The molecule has 1 aliphatic rings. The lowest BCUT2D eigenvalue weighted by atomic mass is 10.1. The molecule has 1 fully saturated rings. The molecule has 0 aliphatic carbocycles. The van der Waals surface area contributed by atoms with Crippen LogP contribution in [0.2, 0.25) is 0 Å². The fourth-order valence-electron chi connectivity index (χ4n) is 3.61. The van der Waals surface area contributed by atoms with E-state index in [4.69, 9.17) is 0 Å². The lowest BCUT2D eigenvalue weighted by molar-refractivity contribution is 0.0747. The number of phenols is 1. The number of fused-ring (bicyclic) bond motifs is 1. The van der Waals surface area contributed by atoms with Gasteiger partial charge < -0.3 is 19.9 Å². The largest absolute Gasteiger partial charge is 0.508 e. The van der Waals surface area contributed by atoms with Gasteiger partial charge in [-0.1, -0.05) is 0 Å². The summed E-state index contributed by atoms with van der Waals surface area (Å²) in [5, 5.41) is 10.5. The molecule has 134 valence electrons. The Balaban J connectivity index is 1.48. The fraction of sp³-hybridized carbons (Fsp3) is 0.286. The molecular weight excluding hydrogens is 326 g/mol. The standard InChI is InChI=1S/C21H23N3O2/c1-14-15(2)22-20-8-3-16(13-19(14)20)21(26)24-11-9-23(10-12-24)17-4-6-18(25)7-5-17/h3-8,13,22,25H,9-12H2,1-2H3. The van der Waals surface area contributed by atoms with Crippen LogP contribution in [0.25, 0.3) is 10.9 Å². The summed E-state index contributed by atoms with van der Waals surface area (Å²) >= 11 is 0. The smallest absolute Gasteiger partial charge is 0.253 e. The molecule has 0 bridgehead atoms. The van der Waals surface area contributed by atoms with Gasteiger partial charge in [0.15, 0.2) is 0 Å². The Morgan fingerprint density at radius 2 is 1.69 bits per heavy atom. The van der Waals surface area contributed by atoms with Gasteiger partial charge in [-0.05, 0) is 61.9 Å². The number of nitrogens with zero attached hydrogens (tertiary/aromatic N) is 2. The van der Waals surface area contributed by atoms with E-state index in [0.29, 0.717) is 13.1 Å². The number of carbonyl (C=O) groups is 1. The Hall–Kier alpha value is -2.95. The number of rotatable bonds is 2. The normalized spacial score (nSPS) is 14.8. The van der Waals surface area contributed by atoms with Crippen molar-refractivity contribution < 1.29 is 9.90 Å². The first kappa shape index (κ1) is 16.5. The summed E-state index contributed by atoms with van der Waals surface area (Å²) in [6.45, 7) is 7.12. The number of hydrogen-bond donors (Lipinski definition) is 2. The van der Waals surface area contributed by atoms with Gasteiger partial charge in [-0.2, -0.15) is 0 Å². The Bertz CT molecular complexity index is 951. The Morgan fingerprint density at radius 3 is 2.38 bits per heavy atom. The van der Waals surface area contributed by atoms with Crippen molar-refractivity contribution in [3.63, 3.8) is 0 Å². The number of carbonyl (C=O) groups excluding carboxylic acids is 1. The average molecular weight is 349 g/mol. The highest BCUT2D eigenvalue weighted by Crippen LogP contribution is 2.24. The number of phenolic OH excluding ortho intramolecular Hbond substituents is 1. The summed E-state index contributed by atoms with van der Waals surface area (Å²) in [5.74, 6) is 0.365. The highest BCUT2D eigenvalue weighted by atomic mass is 16.3. The maximum absolute atomic E-state index is 12.9. The Morgan fingerprint density at radius 1 is 1.00 bits per heavy atom. The van der Waals surface area contributed by atoms with Gasteiger partial charge in [-0.15, -0.1) is 0 Å². The summed E-state index contributed by atoms with van der Waals surface area (Å²) in [6.07, 6.45) is 0. The summed E-state index contributed by atoms with van der Waals surface area (Å²) in [5.41, 5.74) is 5.25. The van der Waals surface area contributed by atoms with Crippen molar-refractivity contribution in [2.45, 2.75) is 13.8 Å². The molecule has 5 heteroatoms. The number of aryl methyl sites for hydroxylation is 2. The van der Waals surface area contributed by atoms with Crippen molar-refractivity contribution >= 4 is 22.5 Å². The number of anilines is 1. The molecule has 1 amide bonds. The molecule has 1 aliphatic heterocycles. The van der Waals surface area contributed by atoms with Gasteiger partial charge in [0.05, 0.1) is 0 Å². The SMILES string of the molecule is Cc1[nH]c2ccc(C(=O)N3CCN(c4ccc(O)cc4)CC3)cc2c1C. The third kappa shape index (κ3) is 2.90. The number of benzene rings is 2. The van der Waals surface area contributed by atoms with Gasteiger partial charge in [0.1, 0.15) is 5.75 Å². The summed E-state index contributed by atoms with van der Waals surface area (Å²) < 4.78 is 0. The minimum Gasteiger partial charge on any atom is -0.508 e. The molecular formula is C21H23N3O2. The zero-order valence-corrected chi connectivity index (χ0v) is 15.1. The first-order chi connectivity index (χ1) is 12.5. The van der Waals surface area contributed by atoms with Crippen molar-refractivity contribution in [2.24, 2.45) is 0 Å². The Labute approximate surface area is 152 Å². The predicted octanol–water partition coefficient (Wildman–Crippen LogP) is 3.45. The van der Waals surface area contributed by atoms with Crippen molar-refractivity contribution in [1.82, 2.24) is 9.88 Å². The van der Waals surface area contributed by atoms with E-state index < -0.39 is 0 Å². The van der Waals surface area contributed by atoms with Gasteiger partial charge >= 0.3 is 0 Å². The van der Waals surface area contributed by atoms with E-state index in [1.807, 2.05) is 35.2 Å². The monoisotopic (exact) mass is 349 g/mol. The van der Waals surface area contributed by atoms with E-state index in [1.54, 1.807) is 12.1 Å². The topological polar surface area (TPSA) is 59.6 Å².